The van der Waals surface area contributed by atoms with Crippen molar-refractivity contribution >= 4 is 36.0 Å². The van der Waals surface area contributed by atoms with E-state index in [0.29, 0.717) is 10.7 Å². The summed E-state index contributed by atoms with van der Waals surface area (Å²) < 4.78 is 5.17. The summed E-state index contributed by atoms with van der Waals surface area (Å²) in [5, 5.41) is 3.16. The monoisotopic (exact) mass is 301 g/mol. The molecule has 1 N–H and O–H groups in total. The molecule has 106 valence electrons. The van der Waals surface area contributed by atoms with E-state index in [1.54, 1.807) is 6.07 Å². The van der Waals surface area contributed by atoms with Crippen molar-refractivity contribution in [1.82, 2.24) is 0 Å². The van der Waals surface area contributed by atoms with Crippen LogP contribution in [0.2, 0.25) is 5.02 Å². The van der Waals surface area contributed by atoms with Crippen LogP contribution in [0.5, 0.6) is 0 Å². The number of amides is 1. The summed E-state index contributed by atoms with van der Waals surface area (Å²) in [6, 6.07) is 5.60. The molecule has 0 saturated heterocycles. The molecule has 1 rings (SSSR count). The lowest BCUT2D eigenvalue weighted by Gasteiger charge is -2.20. The smallest absolute Gasteiger partial charge is 0.412 e. The van der Waals surface area contributed by atoms with Crippen LogP contribution in [0.15, 0.2) is 18.2 Å². The van der Waals surface area contributed by atoms with Gasteiger partial charge >= 0.3 is 6.09 Å². The Hall–Kier alpha value is -0.870. The minimum atomic E-state index is -0.525. The number of carbonyl (C=O) groups excluding carboxylic acids is 1. The molecule has 0 aromatic heterocycles. The minimum absolute atomic E-state index is 0.502. The molecule has 1 aromatic carbocycles. The fourth-order valence-corrected chi connectivity index (χ4v) is 1.92. The zero-order valence-electron chi connectivity index (χ0n) is 11.5. The van der Waals surface area contributed by atoms with Gasteiger partial charge in [0.2, 0.25) is 0 Å². The van der Waals surface area contributed by atoms with Gasteiger partial charge in [-0.15, -0.1) is 0 Å². The van der Waals surface area contributed by atoms with Gasteiger partial charge in [-0.05, 0) is 57.1 Å². The van der Waals surface area contributed by atoms with E-state index in [1.165, 1.54) is 0 Å². The second-order valence-corrected chi connectivity index (χ2v) is 6.12. The normalized spacial score (nSPS) is 11.2. The molecule has 0 fully saturated rings. The van der Waals surface area contributed by atoms with Crippen molar-refractivity contribution in [2.24, 2.45) is 0 Å². The molecule has 0 aliphatic heterocycles. The number of anilines is 1. The first-order valence-corrected chi connectivity index (χ1v) is 7.22. The average molecular weight is 302 g/mol. The van der Waals surface area contributed by atoms with Crippen LogP contribution in [0, 0.1) is 0 Å². The third-order valence-electron chi connectivity index (χ3n) is 2.29. The fraction of sp³-hybridized carbons (Fsp3) is 0.500. The van der Waals surface area contributed by atoms with Gasteiger partial charge in [-0.25, -0.2) is 4.79 Å². The van der Waals surface area contributed by atoms with Crippen molar-refractivity contribution in [1.29, 1.82) is 0 Å². The number of thiol groups is 1. The lowest BCUT2D eigenvalue weighted by Crippen LogP contribution is -2.27. The fourth-order valence-electron chi connectivity index (χ4n) is 1.51. The van der Waals surface area contributed by atoms with Crippen molar-refractivity contribution < 1.29 is 9.53 Å². The molecule has 0 spiro atoms. The highest BCUT2D eigenvalue weighted by molar-refractivity contribution is 7.80. The van der Waals surface area contributed by atoms with Crippen LogP contribution in [0.1, 0.15) is 32.8 Å². The van der Waals surface area contributed by atoms with Crippen molar-refractivity contribution in [3.05, 3.63) is 28.8 Å². The predicted molar refractivity (Wildman–Crippen MR) is 83.5 cm³/mol. The number of rotatable bonds is 4. The van der Waals surface area contributed by atoms with E-state index in [9.17, 15) is 4.79 Å². The third-order valence-corrected chi connectivity index (χ3v) is 2.92. The van der Waals surface area contributed by atoms with E-state index in [0.717, 1.165) is 24.2 Å². The number of carbonyl (C=O) groups is 1. The van der Waals surface area contributed by atoms with E-state index in [1.807, 2.05) is 32.9 Å². The summed E-state index contributed by atoms with van der Waals surface area (Å²) in [6.45, 7) is 5.44. The molecule has 0 radical (unpaired) electrons. The molecule has 0 aliphatic carbocycles. The minimum Gasteiger partial charge on any atom is -0.444 e. The van der Waals surface area contributed by atoms with Crippen LogP contribution in [-0.4, -0.2) is 17.4 Å². The topological polar surface area (TPSA) is 38.3 Å². The van der Waals surface area contributed by atoms with Gasteiger partial charge in [0.15, 0.2) is 0 Å². The van der Waals surface area contributed by atoms with Crippen LogP contribution in [0.3, 0.4) is 0 Å². The molecule has 0 atom stereocenters. The van der Waals surface area contributed by atoms with Gasteiger partial charge in [0, 0.05) is 0 Å². The van der Waals surface area contributed by atoms with Gasteiger partial charge in [0.1, 0.15) is 5.60 Å². The molecule has 1 aromatic rings. The van der Waals surface area contributed by atoms with E-state index >= 15 is 0 Å². The van der Waals surface area contributed by atoms with Crippen LogP contribution in [0.4, 0.5) is 10.5 Å². The van der Waals surface area contributed by atoms with E-state index < -0.39 is 11.7 Å². The van der Waals surface area contributed by atoms with Crippen molar-refractivity contribution in [2.45, 2.75) is 39.2 Å². The highest BCUT2D eigenvalue weighted by Gasteiger charge is 2.17. The highest BCUT2D eigenvalue weighted by atomic mass is 35.5. The maximum atomic E-state index is 11.6. The summed E-state index contributed by atoms with van der Waals surface area (Å²) in [7, 11) is 0. The van der Waals surface area contributed by atoms with Gasteiger partial charge in [-0.1, -0.05) is 17.7 Å². The Morgan fingerprint density at radius 2 is 2.11 bits per heavy atom. The van der Waals surface area contributed by atoms with Gasteiger partial charge in [-0.3, -0.25) is 5.32 Å². The summed E-state index contributed by atoms with van der Waals surface area (Å²) in [5.41, 5.74) is 1.17. The zero-order valence-corrected chi connectivity index (χ0v) is 13.1. The Labute approximate surface area is 125 Å². The summed E-state index contributed by atoms with van der Waals surface area (Å²) >= 11 is 10.3. The largest absolute Gasteiger partial charge is 0.444 e. The second-order valence-electron chi connectivity index (χ2n) is 5.27. The summed E-state index contributed by atoms with van der Waals surface area (Å²) in [5.74, 6) is 0.843. The number of benzene rings is 1. The van der Waals surface area contributed by atoms with Gasteiger partial charge < -0.3 is 4.74 Å². The average Bonchev–Trinajstić information content (AvgIpc) is 2.27. The second kappa shape index (κ2) is 7.06. The van der Waals surface area contributed by atoms with Crippen LogP contribution >= 0.6 is 24.2 Å². The van der Waals surface area contributed by atoms with Gasteiger partial charge in [0.05, 0.1) is 10.7 Å². The standard InChI is InChI=1S/C14H20ClNO2S/c1-14(2,3)18-13(17)16-12-7-6-10(5-4-8-19)9-11(12)15/h6-7,9,19H,4-5,8H2,1-3H3,(H,16,17). The molecular weight excluding hydrogens is 282 g/mol. The molecule has 1 amide bonds. The molecule has 0 bridgehead atoms. The Balaban J connectivity index is 2.67. The summed E-state index contributed by atoms with van der Waals surface area (Å²) in [4.78, 5) is 11.6. The van der Waals surface area contributed by atoms with Crippen molar-refractivity contribution in [2.75, 3.05) is 11.1 Å². The maximum Gasteiger partial charge on any atom is 0.412 e. The van der Waals surface area contributed by atoms with Crippen molar-refractivity contribution in [3.8, 4) is 0 Å². The zero-order chi connectivity index (χ0) is 14.5. The number of nitrogens with one attached hydrogen (secondary N) is 1. The van der Waals surface area contributed by atoms with Crippen LogP contribution < -0.4 is 5.32 Å². The van der Waals surface area contributed by atoms with E-state index in [-0.39, 0.29) is 0 Å². The first-order valence-electron chi connectivity index (χ1n) is 6.21. The number of aryl methyl sites for hydroxylation is 1. The molecule has 5 heteroatoms. The van der Waals surface area contributed by atoms with Gasteiger partial charge in [0.25, 0.3) is 0 Å². The Morgan fingerprint density at radius 3 is 2.63 bits per heavy atom. The molecule has 3 nitrogen and oxygen atoms in total. The van der Waals surface area contributed by atoms with E-state index in [4.69, 9.17) is 16.3 Å². The molecule has 0 heterocycles. The Kier molecular flexibility index (Phi) is 6.01. The quantitative estimate of drug-likeness (QED) is 0.801. The first-order chi connectivity index (χ1) is 8.81. The SMILES string of the molecule is CC(C)(C)OC(=O)Nc1ccc(CCCS)cc1Cl. The highest BCUT2D eigenvalue weighted by Crippen LogP contribution is 2.24. The number of hydrogen-bond donors (Lipinski definition) is 2. The number of ether oxygens (including phenoxy) is 1. The molecule has 19 heavy (non-hydrogen) atoms. The lowest BCUT2D eigenvalue weighted by molar-refractivity contribution is 0.0636. The predicted octanol–water partition coefficient (Wildman–Crippen LogP) is 4.55. The van der Waals surface area contributed by atoms with Crippen molar-refractivity contribution in [3.63, 3.8) is 0 Å². The maximum absolute atomic E-state index is 11.6. The van der Waals surface area contributed by atoms with Crippen LogP contribution in [0.25, 0.3) is 0 Å². The lowest BCUT2D eigenvalue weighted by atomic mass is 10.1. The molecule has 0 aliphatic rings. The number of hydrogen-bond acceptors (Lipinski definition) is 3. The van der Waals surface area contributed by atoms with Gasteiger partial charge in [-0.2, -0.15) is 12.6 Å². The number of halogens is 1. The third kappa shape index (κ3) is 6.21. The Morgan fingerprint density at radius 1 is 1.42 bits per heavy atom. The molecule has 0 unspecified atom stereocenters. The molecular formula is C14H20ClNO2S. The molecule has 0 saturated carbocycles. The first kappa shape index (κ1) is 16.2. The van der Waals surface area contributed by atoms with Crippen LogP contribution in [-0.2, 0) is 11.2 Å². The summed E-state index contributed by atoms with van der Waals surface area (Å²) in [6.07, 6.45) is 1.42. The Bertz CT molecular complexity index is 444. The van der Waals surface area contributed by atoms with E-state index in [2.05, 4.69) is 17.9 Å².